The van der Waals surface area contributed by atoms with Crippen molar-refractivity contribution in [2.24, 2.45) is 0 Å². The van der Waals surface area contributed by atoms with E-state index in [1.165, 1.54) is 12.3 Å². The van der Waals surface area contributed by atoms with E-state index in [2.05, 4.69) is 10.3 Å². The smallest absolute Gasteiger partial charge is 0.413 e. The monoisotopic (exact) mass is 292 g/mol. The van der Waals surface area contributed by atoms with Gasteiger partial charge in [-0.25, -0.2) is 4.79 Å². The van der Waals surface area contributed by atoms with Crippen LogP contribution in [0.15, 0.2) is 35.7 Å². The molecular formula is C13H12N2O4S. The van der Waals surface area contributed by atoms with Gasteiger partial charge in [0.15, 0.2) is 5.13 Å². The quantitative estimate of drug-likeness (QED) is 0.877. The Hall–Kier alpha value is -2.41. The van der Waals surface area contributed by atoms with Gasteiger partial charge in [-0.3, -0.25) is 10.1 Å². The van der Waals surface area contributed by atoms with Crippen molar-refractivity contribution in [1.29, 1.82) is 0 Å². The molecule has 0 atom stereocenters. The summed E-state index contributed by atoms with van der Waals surface area (Å²) in [4.78, 5) is 26.2. The topological polar surface area (TPSA) is 77.5 Å². The average molecular weight is 292 g/mol. The molecule has 0 saturated heterocycles. The number of hydrogen-bond donors (Lipinski definition) is 1. The Morgan fingerprint density at radius 1 is 1.30 bits per heavy atom. The minimum absolute atomic E-state index is 0.154. The summed E-state index contributed by atoms with van der Waals surface area (Å²) in [5.41, 5.74) is 0.891. The highest BCUT2D eigenvalue weighted by Crippen LogP contribution is 2.21. The number of ether oxygens (including phenoxy) is 2. The maximum Gasteiger partial charge on any atom is 0.413 e. The van der Waals surface area contributed by atoms with Gasteiger partial charge in [-0.2, -0.15) is 4.98 Å². The molecule has 6 nitrogen and oxygen atoms in total. The number of rotatable bonds is 4. The van der Waals surface area contributed by atoms with Gasteiger partial charge in [0.2, 0.25) is 5.88 Å². The number of carbonyl (C=O) groups excluding carboxylic acids is 2. The van der Waals surface area contributed by atoms with Gasteiger partial charge < -0.3 is 9.47 Å². The third-order valence-electron chi connectivity index (χ3n) is 2.15. The second kappa shape index (κ2) is 6.67. The first-order valence-corrected chi connectivity index (χ1v) is 6.63. The van der Waals surface area contributed by atoms with Gasteiger partial charge in [0.25, 0.3) is 0 Å². The zero-order valence-corrected chi connectivity index (χ0v) is 11.5. The third kappa shape index (κ3) is 4.36. The SMILES string of the molecule is CC(=O)Oc1csc(NC(=O)OCc2ccccc2)n1. The van der Waals surface area contributed by atoms with Crippen LogP contribution in [0.2, 0.25) is 0 Å². The Bertz CT molecular complexity index is 597. The zero-order valence-electron chi connectivity index (χ0n) is 10.7. The van der Waals surface area contributed by atoms with Crippen LogP contribution >= 0.6 is 11.3 Å². The second-order valence-corrected chi connectivity index (χ2v) is 4.63. The summed E-state index contributed by atoms with van der Waals surface area (Å²) in [6, 6.07) is 9.33. The molecule has 7 heteroatoms. The molecule has 0 aliphatic rings. The van der Waals surface area contributed by atoms with E-state index in [1.54, 1.807) is 0 Å². The lowest BCUT2D eigenvalue weighted by Gasteiger charge is -2.04. The predicted octanol–water partition coefficient (Wildman–Crippen LogP) is 2.82. The molecule has 2 aromatic rings. The lowest BCUT2D eigenvalue weighted by atomic mass is 10.2. The van der Waals surface area contributed by atoms with Crippen LogP contribution in [-0.4, -0.2) is 17.0 Å². The molecule has 1 aromatic heterocycles. The number of esters is 1. The fraction of sp³-hybridized carbons (Fsp3) is 0.154. The van der Waals surface area contributed by atoms with Crippen molar-refractivity contribution in [3.05, 3.63) is 41.3 Å². The van der Waals surface area contributed by atoms with Crippen molar-refractivity contribution in [1.82, 2.24) is 4.98 Å². The summed E-state index contributed by atoms with van der Waals surface area (Å²) < 4.78 is 9.81. The first kappa shape index (κ1) is 14.0. The summed E-state index contributed by atoms with van der Waals surface area (Å²) in [6.07, 6.45) is -0.613. The number of nitrogens with one attached hydrogen (secondary N) is 1. The van der Waals surface area contributed by atoms with E-state index < -0.39 is 12.1 Å². The van der Waals surface area contributed by atoms with E-state index in [-0.39, 0.29) is 12.5 Å². The lowest BCUT2D eigenvalue weighted by molar-refractivity contribution is -0.132. The van der Waals surface area contributed by atoms with Crippen LogP contribution in [0.5, 0.6) is 5.88 Å². The molecule has 1 N–H and O–H groups in total. The van der Waals surface area contributed by atoms with E-state index in [0.717, 1.165) is 16.9 Å². The molecule has 0 bridgehead atoms. The van der Waals surface area contributed by atoms with E-state index in [4.69, 9.17) is 9.47 Å². The Labute approximate surface area is 119 Å². The van der Waals surface area contributed by atoms with Crippen LogP contribution in [-0.2, 0) is 16.1 Å². The highest BCUT2D eigenvalue weighted by molar-refractivity contribution is 7.14. The number of nitrogens with zero attached hydrogens (tertiary/aromatic N) is 1. The fourth-order valence-electron chi connectivity index (χ4n) is 1.36. The Kier molecular flexibility index (Phi) is 4.67. The maximum absolute atomic E-state index is 11.5. The fourth-order valence-corrected chi connectivity index (χ4v) is 1.96. The van der Waals surface area contributed by atoms with E-state index in [9.17, 15) is 9.59 Å². The van der Waals surface area contributed by atoms with E-state index >= 15 is 0 Å². The molecule has 0 aliphatic carbocycles. The van der Waals surface area contributed by atoms with Crippen LogP contribution in [0, 0.1) is 0 Å². The standard InChI is InChI=1S/C13H12N2O4S/c1-9(16)19-11-8-20-12(14-11)15-13(17)18-7-10-5-3-2-4-6-10/h2-6,8H,7H2,1H3,(H,14,15,17). The predicted molar refractivity (Wildman–Crippen MR) is 73.7 cm³/mol. The summed E-state index contributed by atoms with van der Waals surface area (Å²) in [5.74, 6) is -0.311. The molecule has 104 valence electrons. The summed E-state index contributed by atoms with van der Waals surface area (Å²) >= 11 is 1.14. The number of aromatic nitrogens is 1. The van der Waals surface area contributed by atoms with Crippen LogP contribution in [0.3, 0.4) is 0 Å². The molecule has 0 unspecified atom stereocenters. The van der Waals surface area contributed by atoms with E-state index in [1.807, 2.05) is 30.3 Å². The number of hydrogen-bond acceptors (Lipinski definition) is 6. The van der Waals surface area contributed by atoms with Crippen molar-refractivity contribution in [3.8, 4) is 5.88 Å². The minimum atomic E-state index is -0.613. The molecule has 2 rings (SSSR count). The molecule has 0 fully saturated rings. The average Bonchev–Trinajstić information content (AvgIpc) is 2.84. The molecule has 20 heavy (non-hydrogen) atoms. The first-order valence-electron chi connectivity index (χ1n) is 5.75. The lowest BCUT2D eigenvalue weighted by Crippen LogP contribution is -2.13. The van der Waals surface area contributed by atoms with Crippen LogP contribution in [0.25, 0.3) is 0 Å². The van der Waals surface area contributed by atoms with E-state index in [0.29, 0.717) is 5.13 Å². The minimum Gasteiger partial charge on any atom is -0.444 e. The molecule has 1 aromatic carbocycles. The molecule has 0 radical (unpaired) electrons. The molecule has 1 heterocycles. The van der Waals surface area contributed by atoms with Crippen molar-refractivity contribution in [2.75, 3.05) is 5.32 Å². The maximum atomic E-state index is 11.5. The highest BCUT2D eigenvalue weighted by Gasteiger charge is 2.09. The van der Waals surface area contributed by atoms with Gasteiger partial charge in [-0.15, -0.1) is 11.3 Å². The number of carbonyl (C=O) groups is 2. The van der Waals surface area contributed by atoms with Crippen molar-refractivity contribution >= 4 is 28.5 Å². The molecule has 1 amide bonds. The van der Waals surface area contributed by atoms with Gasteiger partial charge in [-0.1, -0.05) is 30.3 Å². The molecule has 0 spiro atoms. The molecule has 0 aliphatic heterocycles. The van der Waals surface area contributed by atoms with Crippen molar-refractivity contribution in [2.45, 2.75) is 13.5 Å². The van der Waals surface area contributed by atoms with Gasteiger partial charge >= 0.3 is 12.1 Å². The number of amides is 1. The Morgan fingerprint density at radius 3 is 2.75 bits per heavy atom. The van der Waals surface area contributed by atoms with Gasteiger partial charge in [0.1, 0.15) is 6.61 Å². The number of thiazole rings is 1. The molecular weight excluding hydrogens is 280 g/mol. The summed E-state index contributed by atoms with van der Waals surface area (Å²) in [5, 5.41) is 4.29. The second-order valence-electron chi connectivity index (χ2n) is 3.77. The first-order chi connectivity index (χ1) is 9.63. The van der Waals surface area contributed by atoms with Gasteiger partial charge in [-0.05, 0) is 5.56 Å². The van der Waals surface area contributed by atoms with Gasteiger partial charge in [0, 0.05) is 6.92 Å². The number of benzene rings is 1. The van der Waals surface area contributed by atoms with Crippen LogP contribution < -0.4 is 10.1 Å². The summed E-state index contributed by atoms with van der Waals surface area (Å²) in [7, 11) is 0. The zero-order chi connectivity index (χ0) is 14.4. The third-order valence-corrected chi connectivity index (χ3v) is 2.89. The van der Waals surface area contributed by atoms with Crippen molar-refractivity contribution in [3.63, 3.8) is 0 Å². The largest absolute Gasteiger partial charge is 0.444 e. The normalized spacial score (nSPS) is 9.85. The highest BCUT2D eigenvalue weighted by atomic mass is 32.1. The molecule has 0 saturated carbocycles. The Morgan fingerprint density at radius 2 is 2.05 bits per heavy atom. The van der Waals surface area contributed by atoms with Crippen LogP contribution in [0.4, 0.5) is 9.93 Å². The van der Waals surface area contributed by atoms with Crippen LogP contribution in [0.1, 0.15) is 12.5 Å². The number of anilines is 1. The van der Waals surface area contributed by atoms with Crippen molar-refractivity contribution < 1.29 is 19.1 Å². The summed E-state index contributed by atoms with van der Waals surface area (Å²) in [6.45, 7) is 1.45. The Balaban J connectivity index is 1.82. The van der Waals surface area contributed by atoms with Gasteiger partial charge in [0.05, 0.1) is 5.38 Å².